The third kappa shape index (κ3) is 2.93. The third-order valence-electron chi connectivity index (χ3n) is 7.09. The summed E-state index contributed by atoms with van der Waals surface area (Å²) in [6.07, 6.45) is 1.04. The highest BCUT2D eigenvalue weighted by Crippen LogP contribution is 2.40. The molecule has 0 spiro atoms. The van der Waals surface area contributed by atoms with Gasteiger partial charge in [-0.05, 0) is 69.6 Å². The third-order valence-corrected chi connectivity index (χ3v) is 7.09. The van der Waals surface area contributed by atoms with Crippen molar-refractivity contribution in [1.82, 2.24) is 4.57 Å². The first kappa shape index (κ1) is 18.5. The van der Waals surface area contributed by atoms with E-state index in [0.717, 1.165) is 13.0 Å². The van der Waals surface area contributed by atoms with Gasteiger partial charge in [0.05, 0.1) is 0 Å². The molecular formula is C32H23N. The largest absolute Gasteiger partial charge is 0.336 e. The quantitative estimate of drug-likeness (QED) is 0.272. The maximum Gasteiger partial charge on any atom is 0.0494 e. The summed E-state index contributed by atoms with van der Waals surface area (Å²) in [5.41, 5.74) is 12.1. The van der Waals surface area contributed by atoms with Gasteiger partial charge < -0.3 is 4.57 Å². The molecule has 0 unspecified atom stereocenters. The Balaban J connectivity index is 1.39. The van der Waals surface area contributed by atoms with Crippen molar-refractivity contribution in [2.45, 2.75) is 13.0 Å². The second-order valence-electron chi connectivity index (χ2n) is 9.03. The molecule has 5 aromatic carbocycles. The van der Waals surface area contributed by atoms with Crippen LogP contribution in [0.3, 0.4) is 0 Å². The monoisotopic (exact) mass is 421 g/mol. The summed E-state index contributed by atoms with van der Waals surface area (Å²) in [6, 6.07) is 42.2. The molecule has 0 aliphatic heterocycles. The molecule has 0 bridgehead atoms. The van der Waals surface area contributed by atoms with Crippen molar-refractivity contribution in [2.75, 3.05) is 0 Å². The van der Waals surface area contributed by atoms with E-state index in [1.54, 1.807) is 0 Å². The summed E-state index contributed by atoms with van der Waals surface area (Å²) in [4.78, 5) is 0. The standard InChI is InChI=1S/C32H23N/c1-2-8-22(9-3-1)21-33-31-13-7-6-12-28(31)30-20-24(16-17-32(30)33)23-14-15-26-18-25-10-4-5-11-27(25)29(26)19-23/h1-17,19-20H,18,21H2. The number of nitrogens with zero attached hydrogens (tertiary/aromatic N) is 1. The Bertz CT molecular complexity index is 1650. The number of rotatable bonds is 3. The van der Waals surface area contributed by atoms with Crippen molar-refractivity contribution in [3.63, 3.8) is 0 Å². The average molecular weight is 422 g/mol. The van der Waals surface area contributed by atoms with Crippen molar-refractivity contribution in [2.24, 2.45) is 0 Å². The molecule has 1 nitrogen and oxygen atoms in total. The van der Waals surface area contributed by atoms with Gasteiger partial charge in [-0.1, -0.05) is 91.0 Å². The predicted octanol–water partition coefficient (Wildman–Crippen LogP) is 8.08. The Morgan fingerprint density at radius 2 is 1.21 bits per heavy atom. The number of benzene rings is 5. The van der Waals surface area contributed by atoms with Crippen LogP contribution >= 0.6 is 0 Å². The summed E-state index contributed by atoms with van der Waals surface area (Å²) < 4.78 is 2.45. The molecule has 156 valence electrons. The molecule has 7 rings (SSSR count). The summed E-state index contributed by atoms with van der Waals surface area (Å²) in [5.74, 6) is 0. The second kappa shape index (κ2) is 7.21. The lowest BCUT2D eigenvalue weighted by Crippen LogP contribution is -1.98. The van der Waals surface area contributed by atoms with E-state index in [1.807, 2.05) is 0 Å². The van der Waals surface area contributed by atoms with Crippen LogP contribution < -0.4 is 0 Å². The maximum absolute atomic E-state index is 2.45. The average Bonchev–Trinajstić information content (AvgIpc) is 3.40. The van der Waals surface area contributed by atoms with Gasteiger partial charge in [0.1, 0.15) is 0 Å². The fourth-order valence-electron chi connectivity index (χ4n) is 5.47. The fraction of sp³-hybridized carbons (Fsp3) is 0.0625. The van der Waals surface area contributed by atoms with Gasteiger partial charge in [0.2, 0.25) is 0 Å². The summed E-state index contributed by atoms with van der Waals surface area (Å²) in [5, 5.41) is 2.64. The van der Waals surface area contributed by atoms with Crippen LogP contribution in [0.1, 0.15) is 16.7 Å². The van der Waals surface area contributed by atoms with Gasteiger partial charge in [-0.3, -0.25) is 0 Å². The molecule has 0 N–H and O–H groups in total. The zero-order chi connectivity index (χ0) is 21.8. The first-order valence-corrected chi connectivity index (χ1v) is 11.6. The van der Waals surface area contributed by atoms with Crippen LogP contribution in [0.2, 0.25) is 0 Å². The SMILES string of the molecule is c1ccc(Cn2c3ccccc3c3cc(-c4ccc5c(c4)-c4ccccc4C5)ccc32)cc1. The van der Waals surface area contributed by atoms with Crippen molar-refractivity contribution < 1.29 is 0 Å². The second-order valence-corrected chi connectivity index (χ2v) is 9.03. The molecule has 1 aliphatic rings. The molecule has 0 radical (unpaired) electrons. The van der Waals surface area contributed by atoms with Crippen LogP contribution in [0.4, 0.5) is 0 Å². The van der Waals surface area contributed by atoms with Crippen LogP contribution in [-0.2, 0) is 13.0 Å². The first-order valence-electron chi connectivity index (χ1n) is 11.6. The van der Waals surface area contributed by atoms with Gasteiger partial charge in [0, 0.05) is 28.4 Å². The molecule has 1 heterocycles. The molecule has 6 aromatic rings. The Morgan fingerprint density at radius 3 is 2.15 bits per heavy atom. The molecule has 1 heteroatoms. The zero-order valence-corrected chi connectivity index (χ0v) is 18.3. The van der Waals surface area contributed by atoms with E-state index >= 15 is 0 Å². The van der Waals surface area contributed by atoms with E-state index in [2.05, 4.69) is 120 Å². The Kier molecular flexibility index (Phi) is 4.04. The number of hydrogen-bond acceptors (Lipinski definition) is 0. The van der Waals surface area contributed by atoms with E-state index in [4.69, 9.17) is 0 Å². The van der Waals surface area contributed by atoms with Gasteiger partial charge >= 0.3 is 0 Å². The van der Waals surface area contributed by atoms with E-state index in [1.165, 1.54) is 60.8 Å². The highest BCUT2D eigenvalue weighted by molar-refractivity contribution is 6.09. The predicted molar refractivity (Wildman–Crippen MR) is 139 cm³/mol. The summed E-state index contributed by atoms with van der Waals surface area (Å²) >= 11 is 0. The minimum Gasteiger partial charge on any atom is -0.336 e. The number of aromatic nitrogens is 1. The van der Waals surface area contributed by atoms with Crippen LogP contribution in [0.5, 0.6) is 0 Å². The molecule has 0 amide bonds. The zero-order valence-electron chi connectivity index (χ0n) is 18.3. The van der Waals surface area contributed by atoms with E-state index in [0.29, 0.717) is 0 Å². The first-order chi connectivity index (χ1) is 16.3. The van der Waals surface area contributed by atoms with Gasteiger partial charge in [0.15, 0.2) is 0 Å². The lowest BCUT2D eigenvalue weighted by atomic mass is 9.97. The fourth-order valence-corrected chi connectivity index (χ4v) is 5.47. The molecule has 0 saturated carbocycles. The van der Waals surface area contributed by atoms with Crippen LogP contribution in [0, 0.1) is 0 Å². The van der Waals surface area contributed by atoms with E-state index < -0.39 is 0 Å². The number of para-hydroxylation sites is 1. The minimum atomic E-state index is 0.875. The highest BCUT2D eigenvalue weighted by Gasteiger charge is 2.19. The van der Waals surface area contributed by atoms with Gasteiger partial charge in [-0.15, -0.1) is 0 Å². The van der Waals surface area contributed by atoms with Crippen molar-refractivity contribution in [1.29, 1.82) is 0 Å². The molecule has 0 saturated heterocycles. The van der Waals surface area contributed by atoms with Crippen LogP contribution in [-0.4, -0.2) is 4.57 Å². The summed E-state index contributed by atoms with van der Waals surface area (Å²) in [6.45, 7) is 0.875. The van der Waals surface area contributed by atoms with Crippen molar-refractivity contribution >= 4 is 21.8 Å². The minimum absolute atomic E-state index is 0.875. The van der Waals surface area contributed by atoms with Crippen molar-refractivity contribution in [3.05, 3.63) is 132 Å². The van der Waals surface area contributed by atoms with Crippen molar-refractivity contribution in [3.8, 4) is 22.3 Å². The Labute approximate surface area is 193 Å². The van der Waals surface area contributed by atoms with Gasteiger partial charge in [-0.2, -0.15) is 0 Å². The molecule has 0 fully saturated rings. The number of hydrogen-bond donors (Lipinski definition) is 0. The molecule has 33 heavy (non-hydrogen) atoms. The van der Waals surface area contributed by atoms with Gasteiger partial charge in [0.25, 0.3) is 0 Å². The molecule has 1 aromatic heterocycles. The Hall–Kier alpha value is -4.10. The van der Waals surface area contributed by atoms with E-state index in [9.17, 15) is 0 Å². The lowest BCUT2D eigenvalue weighted by Gasteiger charge is -2.09. The van der Waals surface area contributed by atoms with Gasteiger partial charge in [-0.25, -0.2) is 0 Å². The molecule has 1 aliphatic carbocycles. The smallest absolute Gasteiger partial charge is 0.0494 e. The Morgan fingerprint density at radius 1 is 0.515 bits per heavy atom. The van der Waals surface area contributed by atoms with E-state index in [-0.39, 0.29) is 0 Å². The highest BCUT2D eigenvalue weighted by atomic mass is 15.0. The number of fused-ring (bicyclic) bond motifs is 6. The summed E-state index contributed by atoms with van der Waals surface area (Å²) in [7, 11) is 0. The molecule has 0 atom stereocenters. The normalized spacial score (nSPS) is 12.2. The lowest BCUT2D eigenvalue weighted by molar-refractivity contribution is 0.869. The maximum atomic E-state index is 2.45. The van der Waals surface area contributed by atoms with Crippen LogP contribution in [0.25, 0.3) is 44.1 Å². The molecular weight excluding hydrogens is 398 g/mol. The topological polar surface area (TPSA) is 4.93 Å². The van der Waals surface area contributed by atoms with Crippen LogP contribution in [0.15, 0.2) is 115 Å².